The number of carbonyl (C=O) groups is 1. The summed E-state index contributed by atoms with van der Waals surface area (Å²) in [4.78, 5) is 30.3. The number of unbranched alkanes of at least 4 members (excludes halogenated alkanes) is 1. The number of halogens is 3. The Morgan fingerprint density at radius 3 is 2.72 bits per heavy atom. The molecule has 3 aromatic carbocycles. The van der Waals surface area contributed by atoms with Gasteiger partial charge in [-0.05, 0) is 70.9 Å². The molecule has 0 unspecified atom stereocenters. The van der Waals surface area contributed by atoms with Gasteiger partial charge in [0.1, 0.15) is 11.6 Å². The highest BCUT2D eigenvalue weighted by Crippen LogP contribution is 2.33. The number of carbonyl (C=O) groups excluding carboxylic acids is 1. The molecule has 8 nitrogen and oxygen atoms in total. The van der Waals surface area contributed by atoms with E-state index in [1.807, 2.05) is 12.1 Å². The Morgan fingerprint density at radius 1 is 1.15 bits per heavy atom. The van der Waals surface area contributed by atoms with Gasteiger partial charge in [-0.1, -0.05) is 35.3 Å². The van der Waals surface area contributed by atoms with Crippen LogP contribution in [-0.4, -0.2) is 35.5 Å². The molecule has 1 amide bonds. The molecule has 39 heavy (non-hydrogen) atoms. The minimum absolute atomic E-state index is 0.268. The molecule has 0 bridgehead atoms. The van der Waals surface area contributed by atoms with Gasteiger partial charge in [-0.25, -0.2) is 9.37 Å². The van der Waals surface area contributed by atoms with Gasteiger partial charge in [0.15, 0.2) is 18.1 Å². The van der Waals surface area contributed by atoms with Crippen LogP contribution in [0.4, 0.5) is 10.1 Å². The van der Waals surface area contributed by atoms with Gasteiger partial charge in [0.05, 0.1) is 24.2 Å². The standard InChI is InChI=1S/C28H25Br2FN4O4/c1-3-4-8-26-34-23-10-9-18(29)12-21(23)28(37)35(26)32-15-17-11-24(38-2)25(14-22(17)30)39-16-27(36)33-20-7-5-6-19(31)13-20/h5-7,9-15H,3-4,8,16H2,1-2H3,(H,33,36). The SMILES string of the molecule is CCCCc1nc2ccc(Br)cc2c(=O)n1N=Cc1cc(OC)c(OCC(=O)Nc2cccc(F)c2)cc1Br. The second-order valence-electron chi connectivity index (χ2n) is 8.53. The molecule has 0 fully saturated rings. The van der Waals surface area contributed by atoms with Gasteiger partial charge in [0.2, 0.25) is 0 Å². The van der Waals surface area contributed by atoms with Crippen molar-refractivity contribution in [2.45, 2.75) is 26.2 Å². The van der Waals surface area contributed by atoms with E-state index >= 15 is 0 Å². The van der Waals surface area contributed by atoms with Crippen LogP contribution < -0.4 is 20.3 Å². The number of methoxy groups -OCH3 is 1. The van der Waals surface area contributed by atoms with Crippen molar-refractivity contribution in [3.63, 3.8) is 0 Å². The zero-order valence-corrected chi connectivity index (χ0v) is 24.4. The average molecular weight is 660 g/mol. The summed E-state index contributed by atoms with van der Waals surface area (Å²) in [6, 6.07) is 14.3. The summed E-state index contributed by atoms with van der Waals surface area (Å²) in [5.41, 5.74) is 1.29. The molecule has 0 atom stereocenters. The number of hydrogen-bond acceptors (Lipinski definition) is 6. The Hall–Kier alpha value is -3.57. The predicted octanol–water partition coefficient (Wildman–Crippen LogP) is 6.31. The zero-order valence-electron chi connectivity index (χ0n) is 21.2. The monoisotopic (exact) mass is 658 g/mol. The van der Waals surface area contributed by atoms with Crippen LogP contribution in [0.3, 0.4) is 0 Å². The molecule has 11 heteroatoms. The first kappa shape index (κ1) is 28.4. The molecule has 0 radical (unpaired) electrons. The quantitative estimate of drug-likeness (QED) is 0.201. The fourth-order valence-electron chi connectivity index (χ4n) is 3.76. The second-order valence-corrected chi connectivity index (χ2v) is 10.3. The number of nitrogens with zero attached hydrogens (tertiary/aromatic N) is 3. The van der Waals surface area contributed by atoms with Gasteiger partial charge in [0, 0.05) is 26.6 Å². The maximum absolute atomic E-state index is 13.4. The van der Waals surface area contributed by atoms with Gasteiger partial charge in [-0.15, -0.1) is 0 Å². The highest BCUT2D eigenvalue weighted by molar-refractivity contribution is 9.10. The van der Waals surface area contributed by atoms with E-state index in [1.54, 1.807) is 24.3 Å². The number of nitrogens with one attached hydrogen (secondary N) is 1. The van der Waals surface area contributed by atoms with E-state index in [1.165, 1.54) is 36.2 Å². The molecule has 4 aromatic rings. The number of anilines is 1. The average Bonchev–Trinajstić information content (AvgIpc) is 2.91. The summed E-state index contributed by atoms with van der Waals surface area (Å²) >= 11 is 6.92. The Bertz CT molecular complexity index is 1610. The van der Waals surface area contributed by atoms with E-state index in [0.717, 1.165) is 17.3 Å². The molecule has 1 N–H and O–H groups in total. The summed E-state index contributed by atoms with van der Waals surface area (Å²) in [7, 11) is 1.47. The van der Waals surface area contributed by atoms with Crippen molar-refractivity contribution in [1.82, 2.24) is 9.66 Å². The van der Waals surface area contributed by atoms with Gasteiger partial charge in [-0.3, -0.25) is 9.59 Å². The third-order valence-electron chi connectivity index (χ3n) is 5.69. The first-order chi connectivity index (χ1) is 18.8. The lowest BCUT2D eigenvalue weighted by atomic mass is 10.2. The highest BCUT2D eigenvalue weighted by Gasteiger charge is 2.14. The summed E-state index contributed by atoms with van der Waals surface area (Å²) in [5, 5.41) is 7.52. The van der Waals surface area contributed by atoms with Crippen LogP contribution in [0.2, 0.25) is 0 Å². The molecular weight excluding hydrogens is 635 g/mol. The van der Waals surface area contributed by atoms with Gasteiger partial charge < -0.3 is 14.8 Å². The van der Waals surface area contributed by atoms with Crippen LogP contribution >= 0.6 is 31.9 Å². The predicted molar refractivity (Wildman–Crippen MR) is 157 cm³/mol. The highest BCUT2D eigenvalue weighted by atomic mass is 79.9. The van der Waals surface area contributed by atoms with Crippen molar-refractivity contribution in [3.8, 4) is 11.5 Å². The number of rotatable bonds is 10. The number of fused-ring (bicyclic) bond motifs is 1. The summed E-state index contributed by atoms with van der Waals surface area (Å²) in [5.74, 6) is 0.328. The van der Waals surface area contributed by atoms with Crippen LogP contribution in [-0.2, 0) is 11.2 Å². The topological polar surface area (TPSA) is 94.8 Å². The lowest BCUT2D eigenvalue weighted by Crippen LogP contribution is -2.22. The van der Waals surface area contributed by atoms with Crippen LogP contribution in [0.1, 0.15) is 31.2 Å². The van der Waals surface area contributed by atoms with E-state index in [4.69, 9.17) is 9.47 Å². The number of hydrogen-bond donors (Lipinski definition) is 1. The van der Waals surface area contributed by atoms with Crippen LogP contribution in [0.5, 0.6) is 11.5 Å². The molecule has 0 spiro atoms. The zero-order chi connectivity index (χ0) is 27.9. The number of amides is 1. The Kier molecular flexibility index (Phi) is 9.47. The molecule has 0 aliphatic carbocycles. The fourth-order valence-corrected chi connectivity index (χ4v) is 4.55. The molecule has 1 aromatic heterocycles. The lowest BCUT2D eigenvalue weighted by Gasteiger charge is -2.13. The van der Waals surface area contributed by atoms with Crippen molar-refractivity contribution in [1.29, 1.82) is 0 Å². The third kappa shape index (κ3) is 7.10. The third-order valence-corrected chi connectivity index (χ3v) is 6.87. The molecule has 0 aliphatic rings. The Balaban J connectivity index is 1.58. The number of benzene rings is 3. The number of aryl methyl sites for hydroxylation is 1. The molecule has 0 aliphatic heterocycles. The number of aromatic nitrogens is 2. The van der Waals surface area contributed by atoms with E-state index in [0.29, 0.717) is 50.4 Å². The van der Waals surface area contributed by atoms with Crippen molar-refractivity contribution in [2.24, 2.45) is 5.10 Å². The summed E-state index contributed by atoms with van der Waals surface area (Å²) in [6.45, 7) is 1.75. The van der Waals surface area contributed by atoms with E-state index < -0.39 is 11.7 Å². The van der Waals surface area contributed by atoms with Crippen LogP contribution in [0.15, 0.2) is 73.4 Å². The first-order valence-electron chi connectivity index (χ1n) is 12.1. The molecule has 0 saturated carbocycles. The Morgan fingerprint density at radius 2 is 1.97 bits per heavy atom. The van der Waals surface area contributed by atoms with E-state index in [2.05, 4.69) is 54.2 Å². The van der Waals surface area contributed by atoms with Crippen molar-refractivity contribution >= 4 is 60.6 Å². The van der Waals surface area contributed by atoms with Gasteiger partial charge in [-0.2, -0.15) is 9.78 Å². The van der Waals surface area contributed by atoms with E-state index in [9.17, 15) is 14.0 Å². The van der Waals surface area contributed by atoms with Crippen molar-refractivity contribution < 1.29 is 18.7 Å². The maximum atomic E-state index is 13.4. The molecule has 4 rings (SSSR count). The molecule has 1 heterocycles. The first-order valence-corrected chi connectivity index (χ1v) is 13.7. The van der Waals surface area contributed by atoms with Gasteiger partial charge in [0.25, 0.3) is 11.5 Å². The van der Waals surface area contributed by atoms with Crippen LogP contribution in [0.25, 0.3) is 10.9 Å². The molecule has 0 saturated heterocycles. The summed E-state index contributed by atoms with van der Waals surface area (Å²) < 4.78 is 27.2. The maximum Gasteiger partial charge on any atom is 0.282 e. The molecular formula is C28H25Br2FN4O4. The van der Waals surface area contributed by atoms with Gasteiger partial charge >= 0.3 is 0 Å². The smallest absolute Gasteiger partial charge is 0.282 e. The second kappa shape index (κ2) is 13.0. The van der Waals surface area contributed by atoms with E-state index in [-0.39, 0.29) is 12.2 Å². The normalized spacial score (nSPS) is 11.2. The summed E-state index contributed by atoms with van der Waals surface area (Å²) in [6.07, 6.45) is 3.95. The number of ether oxygens (including phenoxy) is 2. The Labute approximate surface area is 241 Å². The lowest BCUT2D eigenvalue weighted by molar-refractivity contribution is -0.118. The minimum Gasteiger partial charge on any atom is -0.493 e. The molecule has 202 valence electrons. The van der Waals surface area contributed by atoms with Crippen molar-refractivity contribution in [3.05, 3.63) is 91.1 Å². The largest absolute Gasteiger partial charge is 0.493 e. The van der Waals surface area contributed by atoms with Crippen molar-refractivity contribution in [2.75, 3.05) is 19.0 Å². The van der Waals surface area contributed by atoms with Crippen LogP contribution in [0, 0.1) is 5.82 Å². The fraction of sp³-hybridized carbons (Fsp3) is 0.214. The minimum atomic E-state index is -0.459.